The number of halogens is 3. The van der Waals surface area contributed by atoms with E-state index in [9.17, 15) is 14.4 Å². The fraction of sp³-hybridized carbons (Fsp3) is 0.0435. The van der Waals surface area contributed by atoms with E-state index in [4.69, 9.17) is 4.74 Å². The van der Waals surface area contributed by atoms with Crippen LogP contribution in [0.15, 0.2) is 81.2 Å². The van der Waals surface area contributed by atoms with Gasteiger partial charge >= 0.3 is 0 Å². The van der Waals surface area contributed by atoms with Crippen LogP contribution in [0.3, 0.4) is 0 Å². The summed E-state index contributed by atoms with van der Waals surface area (Å²) in [5, 5.41) is 12.1. The fourth-order valence-corrected chi connectivity index (χ4v) is 3.46. The minimum Gasteiger partial charge on any atom is -0.488 e. The highest BCUT2D eigenvalue weighted by atomic mass is 79.9. The highest BCUT2D eigenvalue weighted by molar-refractivity contribution is 9.10. The average molecular weight is 530 g/mol. The highest BCUT2D eigenvalue weighted by Gasteiger charge is 2.11. The predicted octanol–water partition coefficient (Wildman–Crippen LogP) is 6.48. The molecule has 0 unspecified atom stereocenters. The van der Waals surface area contributed by atoms with Crippen molar-refractivity contribution in [2.45, 2.75) is 6.61 Å². The normalized spacial score (nSPS) is 10.9. The van der Waals surface area contributed by atoms with Gasteiger partial charge in [0, 0.05) is 10.2 Å². The maximum absolute atomic E-state index is 13.0. The lowest BCUT2D eigenvalue weighted by Crippen LogP contribution is -2.13. The first kappa shape index (κ1) is 21.8. The standard InChI is InChI=1S/C23H15Br2FN2O2/c24-18-2-1-3-20(12-18)28-23(29)17(13-27)10-16-6-9-22(21(25)11-16)30-14-15-4-7-19(26)8-5-15/h1-12H,14H2,(H,28,29)/b17-10-. The maximum Gasteiger partial charge on any atom is 0.266 e. The van der Waals surface area contributed by atoms with E-state index in [1.54, 1.807) is 48.5 Å². The van der Waals surface area contributed by atoms with Gasteiger partial charge in [0.25, 0.3) is 5.91 Å². The fourth-order valence-electron chi connectivity index (χ4n) is 2.55. The summed E-state index contributed by atoms with van der Waals surface area (Å²) in [7, 11) is 0. The van der Waals surface area contributed by atoms with Crippen LogP contribution in [-0.4, -0.2) is 5.91 Å². The van der Waals surface area contributed by atoms with Crippen molar-refractivity contribution in [3.8, 4) is 11.8 Å². The number of ether oxygens (including phenoxy) is 1. The van der Waals surface area contributed by atoms with Crippen LogP contribution in [0.5, 0.6) is 5.75 Å². The van der Waals surface area contributed by atoms with E-state index >= 15 is 0 Å². The number of carbonyl (C=O) groups excluding carboxylic acids is 1. The molecule has 0 heterocycles. The molecule has 3 aromatic rings. The molecule has 0 saturated carbocycles. The van der Waals surface area contributed by atoms with Gasteiger partial charge in [-0.15, -0.1) is 0 Å². The number of nitrogens with one attached hydrogen (secondary N) is 1. The molecule has 0 atom stereocenters. The second-order valence-corrected chi connectivity index (χ2v) is 8.01. The van der Waals surface area contributed by atoms with Crippen molar-refractivity contribution < 1.29 is 13.9 Å². The van der Waals surface area contributed by atoms with Crippen LogP contribution in [0.25, 0.3) is 6.08 Å². The minimum absolute atomic E-state index is 0.0261. The van der Waals surface area contributed by atoms with Crippen molar-refractivity contribution in [1.82, 2.24) is 0 Å². The molecule has 1 amide bonds. The van der Waals surface area contributed by atoms with Crippen molar-refractivity contribution in [1.29, 1.82) is 5.26 Å². The van der Waals surface area contributed by atoms with Crippen LogP contribution >= 0.6 is 31.9 Å². The molecule has 0 saturated heterocycles. The van der Waals surface area contributed by atoms with Crippen LogP contribution in [0.2, 0.25) is 0 Å². The number of carbonyl (C=O) groups is 1. The minimum atomic E-state index is -0.497. The van der Waals surface area contributed by atoms with E-state index < -0.39 is 5.91 Å². The van der Waals surface area contributed by atoms with E-state index in [1.807, 2.05) is 12.1 Å². The lowest BCUT2D eigenvalue weighted by Gasteiger charge is -2.09. The summed E-state index contributed by atoms with van der Waals surface area (Å²) >= 11 is 6.78. The third kappa shape index (κ3) is 6.02. The number of hydrogen-bond donors (Lipinski definition) is 1. The second-order valence-electron chi connectivity index (χ2n) is 6.24. The molecule has 0 bridgehead atoms. The molecule has 0 fully saturated rings. The molecule has 0 aromatic heterocycles. The number of amides is 1. The van der Waals surface area contributed by atoms with Crippen LogP contribution in [0.4, 0.5) is 10.1 Å². The first-order valence-electron chi connectivity index (χ1n) is 8.80. The van der Waals surface area contributed by atoms with Gasteiger partial charge in [0.2, 0.25) is 0 Å². The van der Waals surface area contributed by atoms with E-state index in [1.165, 1.54) is 18.2 Å². The molecule has 30 heavy (non-hydrogen) atoms. The lowest BCUT2D eigenvalue weighted by atomic mass is 10.1. The molecule has 150 valence electrons. The molecule has 3 rings (SSSR count). The largest absolute Gasteiger partial charge is 0.488 e. The maximum atomic E-state index is 13.0. The molecular formula is C23H15Br2FN2O2. The third-order valence-electron chi connectivity index (χ3n) is 4.02. The van der Waals surface area contributed by atoms with E-state index in [0.29, 0.717) is 21.5 Å². The third-order valence-corrected chi connectivity index (χ3v) is 5.14. The zero-order valence-corrected chi connectivity index (χ0v) is 18.7. The monoisotopic (exact) mass is 528 g/mol. The molecule has 0 aliphatic carbocycles. The van der Waals surface area contributed by atoms with E-state index in [2.05, 4.69) is 37.2 Å². The summed E-state index contributed by atoms with van der Waals surface area (Å²) in [5.74, 6) is -0.203. The lowest BCUT2D eigenvalue weighted by molar-refractivity contribution is -0.112. The van der Waals surface area contributed by atoms with Gasteiger partial charge < -0.3 is 10.1 Å². The second kappa shape index (κ2) is 10.2. The van der Waals surface area contributed by atoms with Gasteiger partial charge in [-0.2, -0.15) is 5.26 Å². The highest BCUT2D eigenvalue weighted by Crippen LogP contribution is 2.28. The molecular weight excluding hydrogens is 515 g/mol. The molecule has 3 aromatic carbocycles. The summed E-state index contributed by atoms with van der Waals surface area (Å²) in [6.45, 7) is 0.284. The molecule has 0 radical (unpaired) electrons. The van der Waals surface area contributed by atoms with Gasteiger partial charge in [0.1, 0.15) is 29.8 Å². The average Bonchev–Trinajstić information content (AvgIpc) is 2.72. The Morgan fingerprint density at radius 3 is 2.53 bits per heavy atom. The molecule has 0 spiro atoms. The van der Waals surface area contributed by atoms with Gasteiger partial charge in [0.05, 0.1) is 4.47 Å². The van der Waals surface area contributed by atoms with Crippen molar-refractivity contribution in [3.05, 3.63) is 98.2 Å². The summed E-state index contributed by atoms with van der Waals surface area (Å²) in [5.41, 5.74) is 2.06. The molecule has 0 aliphatic rings. The molecule has 1 N–H and O–H groups in total. The Hall–Kier alpha value is -2.95. The van der Waals surface area contributed by atoms with Crippen LogP contribution in [0, 0.1) is 17.1 Å². The van der Waals surface area contributed by atoms with Gasteiger partial charge in [-0.3, -0.25) is 4.79 Å². The summed E-state index contributed by atoms with van der Waals surface area (Å²) < 4.78 is 20.2. The molecule has 7 heteroatoms. The summed E-state index contributed by atoms with van der Waals surface area (Å²) in [6, 6.07) is 20.4. The van der Waals surface area contributed by atoms with Crippen molar-refractivity contribution >= 4 is 49.5 Å². The first-order chi connectivity index (χ1) is 14.4. The Bertz CT molecular complexity index is 1140. The van der Waals surface area contributed by atoms with Gasteiger partial charge in [-0.25, -0.2) is 4.39 Å². The van der Waals surface area contributed by atoms with Gasteiger partial charge in [0.15, 0.2) is 0 Å². The summed E-state index contributed by atoms with van der Waals surface area (Å²) in [4.78, 5) is 12.4. The van der Waals surface area contributed by atoms with Crippen LogP contribution in [0.1, 0.15) is 11.1 Å². The van der Waals surface area contributed by atoms with Crippen molar-refractivity contribution in [2.75, 3.05) is 5.32 Å². The number of nitriles is 1. The van der Waals surface area contributed by atoms with Crippen LogP contribution < -0.4 is 10.1 Å². The number of rotatable bonds is 6. The predicted molar refractivity (Wildman–Crippen MR) is 121 cm³/mol. The Balaban J connectivity index is 1.70. The smallest absolute Gasteiger partial charge is 0.266 e. The number of hydrogen-bond acceptors (Lipinski definition) is 3. The molecule has 4 nitrogen and oxygen atoms in total. The Morgan fingerprint density at radius 1 is 1.10 bits per heavy atom. The zero-order valence-electron chi connectivity index (χ0n) is 15.5. The van der Waals surface area contributed by atoms with E-state index in [0.717, 1.165) is 10.0 Å². The first-order valence-corrected chi connectivity index (χ1v) is 10.4. The topological polar surface area (TPSA) is 62.1 Å². The Morgan fingerprint density at radius 2 is 1.87 bits per heavy atom. The van der Waals surface area contributed by atoms with Crippen LogP contribution in [-0.2, 0) is 11.4 Å². The Kier molecular flexibility index (Phi) is 7.39. The quantitative estimate of drug-likeness (QED) is 0.294. The molecule has 0 aliphatic heterocycles. The summed E-state index contributed by atoms with van der Waals surface area (Å²) in [6.07, 6.45) is 1.50. The zero-order chi connectivity index (χ0) is 21.5. The van der Waals surface area contributed by atoms with Crippen molar-refractivity contribution in [3.63, 3.8) is 0 Å². The number of anilines is 1. The number of benzene rings is 3. The SMILES string of the molecule is N#C/C(=C/c1ccc(OCc2ccc(F)cc2)c(Br)c1)C(=O)Nc1cccc(Br)c1. The Labute approximate surface area is 190 Å². The van der Waals surface area contributed by atoms with E-state index in [-0.39, 0.29) is 18.0 Å². The number of nitrogens with zero attached hydrogens (tertiary/aromatic N) is 1. The van der Waals surface area contributed by atoms with Gasteiger partial charge in [-0.1, -0.05) is 40.2 Å². The van der Waals surface area contributed by atoms with Gasteiger partial charge in [-0.05, 0) is 75.6 Å². The van der Waals surface area contributed by atoms with Crippen molar-refractivity contribution in [2.24, 2.45) is 0 Å².